The van der Waals surface area contributed by atoms with E-state index in [1.165, 1.54) is 17.0 Å². The molecule has 1 aliphatic rings. The number of hydrogen-bond donors (Lipinski definition) is 2. The predicted octanol–water partition coefficient (Wildman–Crippen LogP) is 2.08. The van der Waals surface area contributed by atoms with E-state index in [1.807, 2.05) is 0 Å². The quantitative estimate of drug-likeness (QED) is 0.897. The summed E-state index contributed by atoms with van der Waals surface area (Å²) in [6.45, 7) is 1.36. The van der Waals surface area contributed by atoms with Gasteiger partial charge in [0.1, 0.15) is 23.7 Å². The van der Waals surface area contributed by atoms with Gasteiger partial charge in [0.05, 0.1) is 6.20 Å². The summed E-state index contributed by atoms with van der Waals surface area (Å²) in [4.78, 5) is 17.1. The molecule has 1 saturated heterocycles. The van der Waals surface area contributed by atoms with Gasteiger partial charge in [-0.15, -0.1) is 0 Å². The van der Waals surface area contributed by atoms with Gasteiger partial charge in [-0.3, -0.25) is 9.88 Å². The zero-order chi connectivity index (χ0) is 17.0. The molecule has 1 fully saturated rings. The lowest BCUT2D eigenvalue weighted by molar-refractivity contribution is 0.0218. The lowest BCUT2D eigenvalue weighted by Gasteiger charge is -2.45. The van der Waals surface area contributed by atoms with Crippen molar-refractivity contribution < 1.29 is 19.0 Å². The molecule has 2 N–H and O–H groups in total. The number of hydrogen-bond acceptors (Lipinski definition) is 4. The number of ether oxygens (including phenoxy) is 1. The van der Waals surface area contributed by atoms with Crippen molar-refractivity contribution in [3.63, 3.8) is 0 Å². The van der Waals surface area contributed by atoms with E-state index in [0.29, 0.717) is 30.9 Å². The van der Waals surface area contributed by atoms with Crippen molar-refractivity contribution in [3.05, 3.63) is 60.2 Å². The molecular weight excluding hydrogens is 313 g/mol. The number of pyridine rings is 1. The van der Waals surface area contributed by atoms with Crippen LogP contribution in [0.2, 0.25) is 0 Å². The lowest BCUT2D eigenvalue weighted by atomic mass is 9.87. The molecule has 0 spiro atoms. The Labute approximate surface area is 138 Å². The average molecular weight is 331 g/mol. The highest BCUT2D eigenvalue weighted by atomic mass is 19.1. The molecule has 0 aliphatic carbocycles. The number of piperazine rings is 1. The van der Waals surface area contributed by atoms with Crippen LogP contribution in [0.1, 0.15) is 5.56 Å². The van der Waals surface area contributed by atoms with Crippen LogP contribution in [0.15, 0.2) is 48.8 Å². The summed E-state index contributed by atoms with van der Waals surface area (Å²) in [5, 5.41) is 12.9. The SMILES string of the molecule is O=C(O)N1CCNCC1(COc1cccnc1)c1ccc(F)cc1. The fourth-order valence-corrected chi connectivity index (χ4v) is 2.94. The zero-order valence-electron chi connectivity index (χ0n) is 13.0. The molecule has 126 valence electrons. The van der Waals surface area contributed by atoms with Gasteiger partial charge < -0.3 is 15.2 Å². The number of benzene rings is 1. The van der Waals surface area contributed by atoms with Crippen molar-refractivity contribution in [2.45, 2.75) is 5.54 Å². The fourth-order valence-electron chi connectivity index (χ4n) is 2.94. The minimum atomic E-state index is -1.03. The topological polar surface area (TPSA) is 74.7 Å². The van der Waals surface area contributed by atoms with Crippen molar-refractivity contribution in [2.24, 2.45) is 0 Å². The molecule has 1 aliphatic heterocycles. The molecule has 0 bridgehead atoms. The summed E-state index contributed by atoms with van der Waals surface area (Å²) in [7, 11) is 0. The number of carbonyl (C=O) groups is 1. The Kier molecular flexibility index (Phi) is 4.61. The van der Waals surface area contributed by atoms with Crippen LogP contribution in [-0.4, -0.2) is 47.3 Å². The summed E-state index contributed by atoms with van der Waals surface area (Å²) in [6, 6.07) is 9.36. The first-order chi connectivity index (χ1) is 11.6. The first kappa shape index (κ1) is 16.2. The van der Waals surface area contributed by atoms with Crippen molar-refractivity contribution in [1.82, 2.24) is 15.2 Å². The van der Waals surface area contributed by atoms with Crippen LogP contribution in [-0.2, 0) is 5.54 Å². The summed E-state index contributed by atoms with van der Waals surface area (Å²) >= 11 is 0. The van der Waals surface area contributed by atoms with Gasteiger partial charge >= 0.3 is 6.09 Å². The largest absolute Gasteiger partial charge is 0.489 e. The molecule has 0 saturated carbocycles. The highest BCUT2D eigenvalue weighted by Crippen LogP contribution is 2.31. The van der Waals surface area contributed by atoms with Crippen LogP contribution in [0.3, 0.4) is 0 Å². The van der Waals surface area contributed by atoms with E-state index in [9.17, 15) is 14.3 Å². The van der Waals surface area contributed by atoms with Crippen molar-refractivity contribution in [1.29, 1.82) is 0 Å². The van der Waals surface area contributed by atoms with E-state index in [1.54, 1.807) is 36.7 Å². The van der Waals surface area contributed by atoms with E-state index in [-0.39, 0.29) is 12.4 Å². The maximum absolute atomic E-state index is 13.3. The standard InChI is InChI=1S/C17H18FN3O3/c18-14-5-3-13(4-6-14)17(11-20-8-9-21(17)16(22)23)12-24-15-2-1-7-19-10-15/h1-7,10,20H,8-9,11-12H2,(H,22,23). The molecule has 2 aromatic rings. The third-order valence-corrected chi connectivity index (χ3v) is 4.17. The van der Waals surface area contributed by atoms with Gasteiger partial charge in [-0.2, -0.15) is 0 Å². The van der Waals surface area contributed by atoms with Crippen molar-refractivity contribution >= 4 is 6.09 Å². The molecule has 1 aromatic carbocycles. The molecule has 7 heteroatoms. The van der Waals surface area contributed by atoms with Gasteiger partial charge in [0.25, 0.3) is 0 Å². The molecule has 2 heterocycles. The van der Waals surface area contributed by atoms with Gasteiger partial charge in [0.2, 0.25) is 0 Å². The van der Waals surface area contributed by atoms with Crippen LogP contribution in [0.25, 0.3) is 0 Å². The number of nitrogens with one attached hydrogen (secondary N) is 1. The van der Waals surface area contributed by atoms with Gasteiger partial charge in [-0.05, 0) is 29.8 Å². The van der Waals surface area contributed by atoms with E-state index in [0.717, 1.165) is 0 Å². The first-order valence-electron chi connectivity index (χ1n) is 7.62. The van der Waals surface area contributed by atoms with Gasteiger partial charge in [-0.25, -0.2) is 9.18 Å². The van der Waals surface area contributed by atoms with E-state index in [4.69, 9.17) is 4.74 Å². The predicted molar refractivity (Wildman–Crippen MR) is 85.4 cm³/mol. The molecule has 1 atom stereocenters. The number of aromatic nitrogens is 1. The summed E-state index contributed by atoms with van der Waals surface area (Å²) in [5.41, 5.74) is -0.254. The number of carboxylic acid groups (broad SMARTS) is 1. The van der Waals surface area contributed by atoms with Gasteiger partial charge in [0, 0.05) is 25.8 Å². The third-order valence-electron chi connectivity index (χ3n) is 4.17. The van der Waals surface area contributed by atoms with Gasteiger partial charge in [-0.1, -0.05) is 12.1 Å². The Morgan fingerprint density at radius 3 is 2.83 bits per heavy atom. The summed E-state index contributed by atoms with van der Waals surface area (Å²) < 4.78 is 19.1. The Hall–Kier alpha value is -2.67. The monoisotopic (exact) mass is 331 g/mol. The van der Waals surface area contributed by atoms with Gasteiger partial charge in [0.15, 0.2) is 0 Å². The lowest BCUT2D eigenvalue weighted by Crippen LogP contribution is -2.63. The Balaban J connectivity index is 1.96. The van der Waals surface area contributed by atoms with Crippen LogP contribution >= 0.6 is 0 Å². The van der Waals surface area contributed by atoms with Crippen LogP contribution in [0.4, 0.5) is 9.18 Å². The molecule has 1 amide bonds. The Morgan fingerprint density at radius 2 is 2.17 bits per heavy atom. The van der Waals surface area contributed by atoms with Crippen LogP contribution in [0.5, 0.6) is 5.75 Å². The summed E-state index contributed by atoms with van der Waals surface area (Å²) in [6.07, 6.45) is 2.17. The number of halogens is 1. The van der Waals surface area contributed by atoms with Crippen molar-refractivity contribution in [2.75, 3.05) is 26.2 Å². The molecule has 3 rings (SSSR count). The molecule has 0 radical (unpaired) electrons. The minimum Gasteiger partial charge on any atom is -0.489 e. The second-order valence-electron chi connectivity index (χ2n) is 5.63. The molecule has 24 heavy (non-hydrogen) atoms. The maximum atomic E-state index is 13.3. The fraction of sp³-hybridized carbons (Fsp3) is 0.294. The number of nitrogens with zero attached hydrogens (tertiary/aromatic N) is 2. The number of amides is 1. The number of rotatable bonds is 4. The highest BCUT2D eigenvalue weighted by molar-refractivity contribution is 5.67. The summed E-state index contributed by atoms with van der Waals surface area (Å²) in [5.74, 6) is 0.183. The van der Waals surface area contributed by atoms with E-state index in [2.05, 4.69) is 10.3 Å². The molecule has 6 nitrogen and oxygen atoms in total. The highest BCUT2D eigenvalue weighted by Gasteiger charge is 2.44. The Morgan fingerprint density at radius 1 is 1.38 bits per heavy atom. The minimum absolute atomic E-state index is 0.101. The second-order valence-corrected chi connectivity index (χ2v) is 5.63. The second kappa shape index (κ2) is 6.84. The molecular formula is C17H18FN3O3. The third kappa shape index (κ3) is 3.16. The van der Waals surface area contributed by atoms with E-state index < -0.39 is 11.6 Å². The maximum Gasteiger partial charge on any atom is 0.408 e. The smallest absolute Gasteiger partial charge is 0.408 e. The van der Waals surface area contributed by atoms with E-state index >= 15 is 0 Å². The van der Waals surface area contributed by atoms with Crippen LogP contribution < -0.4 is 10.1 Å². The first-order valence-corrected chi connectivity index (χ1v) is 7.62. The Bertz CT molecular complexity index is 696. The normalized spacial score (nSPS) is 20.6. The van der Waals surface area contributed by atoms with Crippen molar-refractivity contribution in [3.8, 4) is 5.75 Å². The van der Waals surface area contributed by atoms with Crippen LogP contribution in [0, 0.1) is 5.82 Å². The zero-order valence-corrected chi connectivity index (χ0v) is 13.0. The average Bonchev–Trinajstić information content (AvgIpc) is 2.61. The molecule has 1 unspecified atom stereocenters. The molecule has 1 aromatic heterocycles.